The first kappa shape index (κ1) is 12.9. The van der Waals surface area contributed by atoms with Gasteiger partial charge in [0, 0.05) is 10.4 Å². The van der Waals surface area contributed by atoms with Crippen LogP contribution in [0.4, 0.5) is 5.82 Å². The third-order valence-electron chi connectivity index (χ3n) is 3.41. The minimum Gasteiger partial charge on any atom is -0.357 e. The lowest BCUT2D eigenvalue weighted by molar-refractivity contribution is 0.712. The van der Waals surface area contributed by atoms with Crippen molar-refractivity contribution >= 4 is 28.3 Å². The van der Waals surface area contributed by atoms with Gasteiger partial charge in [0.1, 0.15) is 12.1 Å². The fourth-order valence-corrected chi connectivity index (χ4v) is 2.45. The van der Waals surface area contributed by atoms with Crippen molar-refractivity contribution in [2.75, 3.05) is 5.32 Å². The number of halogens is 1. The molecule has 1 aromatic heterocycles. The van der Waals surface area contributed by atoms with Crippen LogP contribution in [0.2, 0.25) is 5.02 Å². The molecule has 3 nitrogen and oxygen atoms in total. The van der Waals surface area contributed by atoms with Crippen LogP contribution in [0, 0.1) is 0 Å². The third-order valence-corrected chi connectivity index (χ3v) is 3.65. The van der Waals surface area contributed by atoms with E-state index >= 15 is 0 Å². The summed E-state index contributed by atoms with van der Waals surface area (Å²) >= 11 is 6.00. The summed E-state index contributed by atoms with van der Waals surface area (Å²) in [5.41, 5.74) is 0.514. The summed E-state index contributed by atoms with van der Waals surface area (Å²) in [6.07, 6.45) is 12.5. The SMILES string of the molecule is C=CC1(Nc2ncnc3cc(Cl)ccc23)C=CC=CC1. The van der Waals surface area contributed by atoms with E-state index in [4.69, 9.17) is 11.6 Å². The topological polar surface area (TPSA) is 37.8 Å². The lowest BCUT2D eigenvalue weighted by Gasteiger charge is -2.30. The first-order valence-electron chi connectivity index (χ1n) is 6.39. The minimum atomic E-state index is -0.310. The summed E-state index contributed by atoms with van der Waals surface area (Å²) in [6.45, 7) is 3.93. The molecule has 0 aliphatic heterocycles. The van der Waals surface area contributed by atoms with Crippen molar-refractivity contribution < 1.29 is 0 Å². The quantitative estimate of drug-likeness (QED) is 0.861. The Morgan fingerprint density at radius 2 is 2.20 bits per heavy atom. The van der Waals surface area contributed by atoms with Crippen LogP contribution in [-0.2, 0) is 0 Å². The van der Waals surface area contributed by atoms with Crippen LogP contribution >= 0.6 is 11.6 Å². The monoisotopic (exact) mass is 283 g/mol. The first-order valence-corrected chi connectivity index (χ1v) is 6.77. The van der Waals surface area contributed by atoms with Crippen LogP contribution in [0.15, 0.2) is 61.5 Å². The molecule has 0 spiro atoms. The molecule has 0 amide bonds. The molecule has 0 saturated carbocycles. The van der Waals surface area contributed by atoms with Crippen LogP contribution < -0.4 is 5.32 Å². The number of anilines is 1. The molecule has 1 heterocycles. The molecule has 3 rings (SSSR count). The number of benzene rings is 1. The maximum absolute atomic E-state index is 6.00. The van der Waals surface area contributed by atoms with Crippen molar-refractivity contribution in [3.8, 4) is 0 Å². The average Bonchev–Trinajstić information content (AvgIpc) is 2.48. The van der Waals surface area contributed by atoms with E-state index in [0.717, 1.165) is 23.1 Å². The Balaban J connectivity index is 2.04. The maximum Gasteiger partial charge on any atom is 0.138 e. The van der Waals surface area contributed by atoms with Gasteiger partial charge in [-0.2, -0.15) is 0 Å². The maximum atomic E-state index is 6.00. The van der Waals surface area contributed by atoms with E-state index in [2.05, 4.69) is 34.0 Å². The van der Waals surface area contributed by atoms with Gasteiger partial charge in [-0.05, 0) is 24.6 Å². The van der Waals surface area contributed by atoms with Crippen LogP contribution in [0.1, 0.15) is 6.42 Å². The number of hydrogen-bond donors (Lipinski definition) is 1. The third kappa shape index (κ3) is 2.32. The highest BCUT2D eigenvalue weighted by Crippen LogP contribution is 2.28. The van der Waals surface area contributed by atoms with E-state index in [9.17, 15) is 0 Å². The lowest BCUT2D eigenvalue weighted by atomic mass is 9.91. The van der Waals surface area contributed by atoms with Gasteiger partial charge in [-0.25, -0.2) is 9.97 Å². The van der Waals surface area contributed by atoms with E-state index < -0.39 is 0 Å². The predicted octanol–water partition coefficient (Wildman–Crippen LogP) is 4.14. The van der Waals surface area contributed by atoms with Gasteiger partial charge in [0.25, 0.3) is 0 Å². The molecule has 1 aliphatic carbocycles. The summed E-state index contributed by atoms with van der Waals surface area (Å²) in [5.74, 6) is 0.784. The molecule has 1 atom stereocenters. The zero-order valence-corrected chi connectivity index (χ0v) is 11.6. The van der Waals surface area contributed by atoms with Gasteiger partial charge in [-0.1, -0.05) is 42.0 Å². The molecule has 0 bridgehead atoms. The number of aromatic nitrogens is 2. The van der Waals surface area contributed by atoms with E-state index in [1.165, 1.54) is 0 Å². The zero-order chi connectivity index (χ0) is 14.0. The first-order chi connectivity index (χ1) is 9.72. The zero-order valence-electron chi connectivity index (χ0n) is 10.9. The van der Waals surface area contributed by atoms with Crippen molar-refractivity contribution in [1.82, 2.24) is 9.97 Å². The number of fused-ring (bicyclic) bond motifs is 1. The van der Waals surface area contributed by atoms with Gasteiger partial charge in [-0.15, -0.1) is 6.58 Å². The van der Waals surface area contributed by atoms with Gasteiger partial charge in [0.05, 0.1) is 11.1 Å². The Labute approximate surface area is 122 Å². The largest absolute Gasteiger partial charge is 0.357 e. The molecule has 0 saturated heterocycles. The molecule has 20 heavy (non-hydrogen) atoms. The van der Waals surface area contributed by atoms with Crippen molar-refractivity contribution in [3.63, 3.8) is 0 Å². The molecule has 0 radical (unpaired) electrons. The second-order valence-electron chi connectivity index (χ2n) is 4.74. The molecule has 100 valence electrons. The van der Waals surface area contributed by atoms with Crippen molar-refractivity contribution in [3.05, 3.63) is 66.5 Å². The standard InChI is InChI=1S/C16H14ClN3/c1-2-16(8-4-3-5-9-16)20-15-13-7-6-12(17)10-14(13)18-11-19-15/h2-8,10-11H,1,9H2,(H,18,19,20). The van der Waals surface area contributed by atoms with Crippen LogP contribution in [0.25, 0.3) is 10.9 Å². The molecule has 1 N–H and O–H groups in total. The second-order valence-corrected chi connectivity index (χ2v) is 5.18. The smallest absolute Gasteiger partial charge is 0.138 e. The van der Waals surface area contributed by atoms with Crippen LogP contribution in [0.5, 0.6) is 0 Å². The Kier molecular flexibility index (Phi) is 3.28. The minimum absolute atomic E-state index is 0.310. The van der Waals surface area contributed by atoms with E-state index in [-0.39, 0.29) is 5.54 Å². The number of nitrogens with one attached hydrogen (secondary N) is 1. The molecule has 4 heteroatoms. The summed E-state index contributed by atoms with van der Waals surface area (Å²) in [5, 5.41) is 5.07. The lowest BCUT2D eigenvalue weighted by Crippen LogP contribution is -2.34. The predicted molar refractivity (Wildman–Crippen MR) is 84.0 cm³/mol. The van der Waals surface area contributed by atoms with Crippen molar-refractivity contribution in [1.29, 1.82) is 0 Å². The molecule has 1 unspecified atom stereocenters. The van der Waals surface area contributed by atoms with Gasteiger partial charge < -0.3 is 5.32 Å². The Morgan fingerprint density at radius 3 is 2.95 bits per heavy atom. The summed E-state index contributed by atoms with van der Waals surface area (Å²) in [7, 11) is 0. The molecular weight excluding hydrogens is 270 g/mol. The molecule has 1 aromatic carbocycles. The normalized spacial score (nSPS) is 21.1. The fraction of sp³-hybridized carbons (Fsp3) is 0.125. The van der Waals surface area contributed by atoms with Crippen molar-refractivity contribution in [2.24, 2.45) is 0 Å². The van der Waals surface area contributed by atoms with Gasteiger partial charge in [0.15, 0.2) is 0 Å². The van der Waals surface area contributed by atoms with Crippen LogP contribution in [0.3, 0.4) is 0 Å². The number of rotatable bonds is 3. The summed E-state index contributed by atoms with van der Waals surface area (Å²) in [6, 6.07) is 5.61. The number of hydrogen-bond acceptors (Lipinski definition) is 3. The Morgan fingerprint density at radius 1 is 1.30 bits per heavy atom. The van der Waals surface area contributed by atoms with Crippen molar-refractivity contribution in [2.45, 2.75) is 12.0 Å². The van der Waals surface area contributed by atoms with E-state index in [0.29, 0.717) is 5.02 Å². The Bertz CT molecular complexity index is 721. The van der Waals surface area contributed by atoms with Gasteiger partial charge in [-0.3, -0.25) is 0 Å². The highest BCUT2D eigenvalue weighted by molar-refractivity contribution is 6.31. The average molecular weight is 284 g/mol. The van der Waals surface area contributed by atoms with Gasteiger partial charge >= 0.3 is 0 Å². The molecule has 2 aromatic rings. The van der Waals surface area contributed by atoms with Crippen LogP contribution in [-0.4, -0.2) is 15.5 Å². The summed E-state index contributed by atoms with van der Waals surface area (Å²) < 4.78 is 0. The summed E-state index contributed by atoms with van der Waals surface area (Å²) in [4.78, 5) is 8.60. The van der Waals surface area contributed by atoms with E-state index in [1.54, 1.807) is 6.33 Å². The molecule has 1 aliphatic rings. The number of allylic oxidation sites excluding steroid dienone is 2. The highest BCUT2D eigenvalue weighted by atomic mass is 35.5. The highest BCUT2D eigenvalue weighted by Gasteiger charge is 2.24. The number of nitrogens with zero attached hydrogens (tertiary/aromatic N) is 2. The molecule has 0 fully saturated rings. The van der Waals surface area contributed by atoms with Gasteiger partial charge in [0.2, 0.25) is 0 Å². The Hall–Kier alpha value is -2.13. The fourth-order valence-electron chi connectivity index (χ4n) is 2.28. The molecular formula is C16H14ClN3. The van der Waals surface area contributed by atoms with E-state index in [1.807, 2.05) is 36.4 Å². The second kappa shape index (κ2) is 5.10.